The standard InChI is InChI=1S/C22H24/c1-2-3-4-5-6-7-16-22-20-14-10-8-12-18(20)17-19-13-9-11-15-21(19)22/h8-15H,1-7,16H2. The Morgan fingerprint density at radius 1 is 0.682 bits per heavy atom. The molecule has 0 aromatic heterocycles. The lowest BCUT2D eigenvalue weighted by atomic mass is 9.93. The van der Waals surface area contributed by atoms with Crippen LogP contribution in [0.2, 0.25) is 0 Å². The number of unbranched alkanes of at least 4 members (excludes halogenated alkanes) is 5. The number of aryl methyl sites for hydroxylation is 1. The van der Waals surface area contributed by atoms with Crippen molar-refractivity contribution in [2.45, 2.75) is 44.9 Å². The van der Waals surface area contributed by atoms with E-state index < -0.39 is 0 Å². The van der Waals surface area contributed by atoms with E-state index in [1.807, 2.05) is 0 Å². The van der Waals surface area contributed by atoms with Gasteiger partial charge in [-0.1, -0.05) is 87.6 Å². The van der Waals surface area contributed by atoms with Crippen molar-refractivity contribution in [1.29, 1.82) is 0 Å². The molecule has 3 rings (SSSR count). The second-order valence-electron chi connectivity index (χ2n) is 6.07. The molecule has 0 amide bonds. The summed E-state index contributed by atoms with van der Waals surface area (Å²) in [6.07, 6.45) is 8.77. The van der Waals surface area contributed by atoms with Gasteiger partial charge in [0.2, 0.25) is 0 Å². The van der Waals surface area contributed by atoms with E-state index in [0.29, 0.717) is 0 Å². The van der Waals surface area contributed by atoms with E-state index in [0.717, 1.165) is 6.42 Å². The van der Waals surface area contributed by atoms with E-state index in [1.165, 1.54) is 65.6 Å². The van der Waals surface area contributed by atoms with Crippen LogP contribution in [0.25, 0.3) is 21.5 Å². The molecule has 0 aliphatic heterocycles. The van der Waals surface area contributed by atoms with Crippen LogP contribution in [0.3, 0.4) is 0 Å². The van der Waals surface area contributed by atoms with Gasteiger partial charge in [-0.05, 0) is 46.0 Å². The minimum Gasteiger partial charge on any atom is -0.0616 e. The third-order valence-corrected chi connectivity index (χ3v) is 4.45. The monoisotopic (exact) mass is 288 g/mol. The maximum absolute atomic E-state index is 3.92. The summed E-state index contributed by atoms with van der Waals surface area (Å²) in [4.78, 5) is 0. The Hall–Kier alpha value is -1.82. The number of fused-ring (bicyclic) bond motifs is 2. The third kappa shape index (κ3) is 3.32. The molecule has 0 N–H and O–H groups in total. The van der Waals surface area contributed by atoms with Crippen molar-refractivity contribution in [3.8, 4) is 0 Å². The number of hydrogen-bond donors (Lipinski definition) is 0. The van der Waals surface area contributed by atoms with E-state index in [4.69, 9.17) is 0 Å². The Kier molecular flexibility index (Phi) is 5.11. The molecule has 0 fully saturated rings. The van der Waals surface area contributed by atoms with Gasteiger partial charge in [0.15, 0.2) is 0 Å². The summed E-state index contributed by atoms with van der Waals surface area (Å²) in [6, 6.07) is 20.9. The smallest absolute Gasteiger partial charge is 0.00141 e. The lowest BCUT2D eigenvalue weighted by Gasteiger charge is -2.11. The molecule has 112 valence electrons. The first kappa shape index (κ1) is 15.1. The average Bonchev–Trinajstić information content (AvgIpc) is 2.57. The molecule has 0 saturated carbocycles. The lowest BCUT2D eigenvalue weighted by molar-refractivity contribution is 0.618. The molecular weight excluding hydrogens is 264 g/mol. The molecule has 3 aromatic carbocycles. The molecule has 0 heterocycles. The van der Waals surface area contributed by atoms with Gasteiger partial charge in [0.05, 0.1) is 0 Å². The van der Waals surface area contributed by atoms with E-state index in [9.17, 15) is 0 Å². The molecule has 0 atom stereocenters. The highest BCUT2D eigenvalue weighted by Crippen LogP contribution is 2.29. The van der Waals surface area contributed by atoms with Gasteiger partial charge in [-0.15, -0.1) is 0 Å². The van der Waals surface area contributed by atoms with Crippen LogP contribution in [0.4, 0.5) is 0 Å². The Morgan fingerprint density at radius 3 is 1.86 bits per heavy atom. The summed E-state index contributed by atoms with van der Waals surface area (Å²) in [5, 5.41) is 5.24. The van der Waals surface area contributed by atoms with Gasteiger partial charge in [-0.25, -0.2) is 0 Å². The second kappa shape index (κ2) is 7.45. The maximum Gasteiger partial charge on any atom is -0.00141 e. The van der Waals surface area contributed by atoms with Gasteiger partial charge < -0.3 is 0 Å². The Labute approximate surface area is 134 Å². The first-order valence-electron chi connectivity index (χ1n) is 8.51. The second-order valence-corrected chi connectivity index (χ2v) is 6.07. The van der Waals surface area contributed by atoms with Crippen LogP contribution in [0.1, 0.15) is 44.1 Å². The number of hydrogen-bond acceptors (Lipinski definition) is 0. The summed E-state index contributed by atoms with van der Waals surface area (Å²) in [6.45, 7) is 3.92. The van der Waals surface area contributed by atoms with Gasteiger partial charge >= 0.3 is 0 Å². The van der Waals surface area contributed by atoms with Crippen molar-refractivity contribution in [1.82, 2.24) is 0 Å². The first-order chi connectivity index (χ1) is 10.9. The Morgan fingerprint density at radius 2 is 1.23 bits per heavy atom. The molecule has 0 saturated heterocycles. The van der Waals surface area contributed by atoms with E-state index in [1.54, 1.807) is 0 Å². The molecule has 0 heteroatoms. The molecule has 0 nitrogen and oxygen atoms in total. The fraction of sp³-hybridized carbons (Fsp3) is 0.318. The van der Waals surface area contributed by atoms with Crippen molar-refractivity contribution in [2.24, 2.45) is 0 Å². The number of rotatable bonds is 7. The summed E-state index contributed by atoms with van der Waals surface area (Å²) in [5.74, 6) is 0. The van der Waals surface area contributed by atoms with Crippen LogP contribution < -0.4 is 0 Å². The molecule has 0 aliphatic carbocycles. The van der Waals surface area contributed by atoms with Crippen LogP contribution in [-0.2, 0) is 6.42 Å². The highest BCUT2D eigenvalue weighted by Gasteiger charge is 2.07. The largest absolute Gasteiger partial charge is 0.0616 e. The van der Waals surface area contributed by atoms with Crippen molar-refractivity contribution in [3.63, 3.8) is 0 Å². The minimum absolute atomic E-state index is 1.07. The fourth-order valence-electron chi connectivity index (χ4n) is 3.28. The topological polar surface area (TPSA) is 0 Å². The summed E-state index contributed by atoms with van der Waals surface area (Å²) in [7, 11) is 0. The van der Waals surface area contributed by atoms with Crippen LogP contribution in [0.15, 0.2) is 48.5 Å². The van der Waals surface area contributed by atoms with Crippen molar-refractivity contribution in [2.75, 3.05) is 0 Å². The van der Waals surface area contributed by atoms with E-state index >= 15 is 0 Å². The molecule has 0 spiro atoms. The molecule has 0 aliphatic rings. The summed E-state index contributed by atoms with van der Waals surface area (Å²) >= 11 is 0. The third-order valence-electron chi connectivity index (χ3n) is 4.45. The van der Waals surface area contributed by atoms with Gasteiger partial charge in [-0.3, -0.25) is 0 Å². The quantitative estimate of drug-likeness (QED) is 0.343. The Bertz CT molecular complexity index is 685. The molecule has 0 unspecified atom stereocenters. The fourth-order valence-corrected chi connectivity index (χ4v) is 3.28. The van der Waals surface area contributed by atoms with E-state index in [2.05, 4.69) is 61.5 Å². The van der Waals surface area contributed by atoms with Gasteiger partial charge in [0.1, 0.15) is 0 Å². The molecule has 0 bridgehead atoms. The van der Waals surface area contributed by atoms with Gasteiger partial charge in [0.25, 0.3) is 0 Å². The van der Waals surface area contributed by atoms with Gasteiger partial charge in [0, 0.05) is 0 Å². The van der Waals surface area contributed by atoms with Gasteiger partial charge in [-0.2, -0.15) is 0 Å². The highest BCUT2D eigenvalue weighted by molar-refractivity contribution is 6.01. The molecule has 3 aromatic rings. The zero-order valence-electron chi connectivity index (χ0n) is 13.3. The normalized spacial score (nSPS) is 11.3. The highest BCUT2D eigenvalue weighted by atomic mass is 14.1. The van der Waals surface area contributed by atoms with Crippen LogP contribution in [-0.4, -0.2) is 0 Å². The zero-order chi connectivity index (χ0) is 15.2. The SMILES string of the molecule is [CH2]CCCCCCCc1c2ccccc2[c]c2ccccc12. The van der Waals surface area contributed by atoms with Crippen molar-refractivity contribution >= 4 is 21.5 Å². The molecule has 22 heavy (non-hydrogen) atoms. The van der Waals surface area contributed by atoms with Crippen molar-refractivity contribution in [3.05, 3.63) is 67.1 Å². The van der Waals surface area contributed by atoms with Crippen LogP contribution in [0.5, 0.6) is 0 Å². The number of benzene rings is 3. The van der Waals surface area contributed by atoms with E-state index in [-0.39, 0.29) is 0 Å². The van der Waals surface area contributed by atoms with Crippen LogP contribution >= 0.6 is 0 Å². The Balaban J connectivity index is 1.85. The molecule has 2 radical (unpaired) electrons. The first-order valence-corrected chi connectivity index (χ1v) is 8.51. The minimum atomic E-state index is 1.07. The van der Waals surface area contributed by atoms with Crippen LogP contribution in [0, 0.1) is 13.0 Å². The predicted molar refractivity (Wildman–Crippen MR) is 97.1 cm³/mol. The lowest BCUT2D eigenvalue weighted by Crippen LogP contribution is -1.91. The average molecular weight is 288 g/mol. The maximum atomic E-state index is 3.92. The molecular formula is C22H24. The summed E-state index contributed by atoms with van der Waals surface area (Å²) in [5.41, 5.74) is 1.50. The van der Waals surface area contributed by atoms with Crippen molar-refractivity contribution < 1.29 is 0 Å². The predicted octanol–water partition coefficient (Wildman–Crippen LogP) is 6.51. The zero-order valence-corrected chi connectivity index (χ0v) is 13.3. The summed E-state index contributed by atoms with van der Waals surface area (Å²) < 4.78 is 0.